The zero-order chi connectivity index (χ0) is 28.3. The first kappa shape index (κ1) is 24.3. The SMILES string of the molecule is c1ccc(-c2c3ccccc3c(-c3ccc(-c4ccc5c(c4)sc4c6ccccc6ccc54)nc3)c3ccccc23)cc1. The first-order valence-electron chi connectivity index (χ1n) is 14.6. The van der Waals surface area contributed by atoms with Crippen LogP contribution in [0.25, 0.3) is 86.0 Å². The van der Waals surface area contributed by atoms with Crippen LogP contribution in [0, 0.1) is 0 Å². The summed E-state index contributed by atoms with van der Waals surface area (Å²) in [6, 6.07) is 52.6. The van der Waals surface area contributed by atoms with Crippen LogP contribution in [0.3, 0.4) is 0 Å². The summed E-state index contributed by atoms with van der Waals surface area (Å²) in [6.07, 6.45) is 2.05. The van der Waals surface area contributed by atoms with Gasteiger partial charge in [0.2, 0.25) is 0 Å². The largest absolute Gasteiger partial charge is 0.256 e. The maximum atomic E-state index is 5.03. The molecule has 0 fully saturated rings. The van der Waals surface area contributed by atoms with Crippen molar-refractivity contribution in [2.45, 2.75) is 0 Å². The number of hydrogen-bond acceptors (Lipinski definition) is 2. The second kappa shape index (κ2) is 9.62. The van der Waals surface area contributed by atoms with Crippen LogP contribution < -0.4 is 0 Å². The molecule has 7 aromatic carbocycles. The third-order valence-electron chi connectivity index (χ3n) is 8.71. The molecule has 0 aliphatic heterocycles. The van der Waals surface area contributed by atoms with Gasteiger partial charge in [0.15, 0.2) is 0 Å². The smallest absolute Gasteiger partial charge is 0.0702 e. The van der Waals surface area contributed by atoms with Crippen LogP contribution in [0.1, 0.15) is 0 Å². The van der Waals surface area contributed by atoms with Crippen molar-refractivity contribution < 1.29 is 0 Å². The van der Waals surface area contributed by atoms with E-state index in [1.807, 2.05) is 17.5 Å². The Hall–Kier alpha value is -5.31. The van der Waals surface area contributed by atoms with Crippen LogP contribution in [0.5, 0.6) is 0 Å². The molecule has 2 heteroatoms. The fourth-order valence-electron chi connectivity index (χ4n) is 6.73. The highest BCUT2D eigenvalue weighted by atomic mass is 32.1. The molecule has 0 spiro atoms. The Balaban J connectivity index is 1.19. The van der Waals surface area contributed by atoms with E-state index in [2.05, 4.69) is 146 Å². The molecular formula is C41H25NS. The molecule has 0 aliphatic rings. The molecular weight excluding hydrogens is 539 g/mol. The lowest BCUT2D eigenvalue weighted by molar-refractivity contribution is 1.33. The zero-order valence-corrected chi connectivity index (χ0v) is 24.1. The van der Waals surface area contributed by atoms with E-state index in [4.69, 9.17) is 4.98 Å². The minimum absolute atomic E-state index is 0.988. The molecule has 9 rings (SSSR count). The molecule has 43 heavy (non-hydrogen) atoms. The van der Waals surface area contributed by atoms with Crippen molar-refractivity contribution in [3.63, 3.8) is 0 Å². The minimum Gasteiger partial charge on any atom is -0.256 e. The minimum atomic E-state index is 0.988. The fourth-order valence-corrected chi connectivity index (χ4v) is 8.01. The van der Waals surface area contributed by atoms with Gasteiger partial charge in [-0.2, -0.15) is 0 Å². The van der Waals surface area contributed by atoms with E-state index in [0.717, 1.165) is 16.8 Å². The molecule has 0 amide bonds. The summed E-state index contributed by atoms with van der Waals surface area (Å²) in [5.74, 6) is 0. The molecule has 0 unspecified atom stereocenters. The van der Waals surface area contributed by atoms with Gasteiger partial charge in [-0.3, -0.25) is 4.98 Å². The second-order valence-electron chi connectivity index (χ2n) is 11.1. The summed E-state index contributed by atoms with van der Waals surface area (Å²) < 4.78 is 2.65. The van der Waals surface area contributed by atoms with Gasteiger partial charge in [0, 0.05) is 37.5 Å². The predicted molar refractivity (Wildman–Crippen MR) is 186 cm³/mol. The van der Waals surface area contributed by atoms with Gasteiger partial charge >= 0.3 is 0 Å². The van der Waals surface area contributed by atoms with Crippen LogP contribution in [0.4, 0.5) is 0 Å². The Morgan fingerprint density at radius 2 is 0.977 bits per heavy atom. The molecule has 200 valence electrons. The van der Waals surface area contributed by atoms with Crippen molar-refractivity contribution in [2.75, 3.05) is 0 Å². The molecule has 2 aromatic heterocycles. The summed E-state index contributed by atoms with van der Waals surface area (Å²) in [6.45, 7) is 0. The lowest BCUT2D eigenvalue weighted by atomic mass is 9.86. The maximum Gasteiger partial charge on any atom is 0.0702 e. The van der Waals surface area contributed by atoms with Crippen LogP contribution in [-0.2, 0) is 0 Å². The van der Waals surface area contributed by atoms with Crippen molar-refractivity contribution in [2.24, 2.45) is 0 Å². The summed E-state index contributed by atoms with van der Waals surface area (Å²) in [5.41, 5.74) is 7.01. The lowest BCUT2D eigenvalue weighted by Crippen LogP contribution is -1.91. The van der Waals surface area contributed by atoms with E-state index in [-0.39, 0.29) is 0 Å². The standard InChI is InChI=1S/C41H25NS/c1-2-11-27(12-3-1)39-32-14-6-8-16-34(32)40(35-17-9-7-15-33(35)39)29-20-23-37(42-25-29)28-19-21-31-36-22-18-26-10-4-5-13-30(26)41(36)43-38(31)24-28/h1-25H. The number of rotatable bonds is 3. The van der Waals surface area contributed by atoms with Gasteiger partial charge in [0.1, 0.15) is 0 Å². The van der Waals surface area contributed by atoms with Crippen molar-refractivity contribution in [3.05, 3.63) is 152 Å². The number of hydrogen-bond donors (Lipinski definition) is 0. The maximum absolute atomic E-state index is 5.03. The Labute approximate surface area is 253 Å². The zero-order valence-electron chi connectivity index (χ0n) is 23.3. The van der Waals surface area contributed by atoms with Crippen LogP contribution in [0.15, 0.2) is 152 Å². The van der Waals surface area contributed by atoms with Crippen molar-refractivity contribution in [1.29, 1.82) is 0 Å². The number of pyridine rings is 1. The summed E-state index contributed by atoms with van der Waals surface area (Å²) >= 11 is 1.87. The van der Waals surface area contributed by atoms with Gasteiger partial charge in [0.05, 0.1) is 5.69 Å². The molecule has 1 nitrogen and oxygen atoms in total. The molecule has 9 aromatic rings. The van der Waals surface area contributed by atoms with Gasteiger partial charge in [-0.15, -0.1) is 11.3 Å². The molecule has 0 saturated heterocycles. The van der Waals surface area contributed by atoms with Crippen LogP contribution >= 0.6 is 11.3 Å². The van der Waals surface area contributed by atoms with E-state index in [1.165, 1.54) is 69.2 Å². The second-order valence-corrected chi connectivity index (χ2v) is 12.2. The van der Waals surface area contributed by atoms with Gasteiger partial charge in [0.25, 0.3) is 0 Å². The Morgan fingerprint density at radius 3 is 1.65 bits per heavy atom. The summed E-state index contributed by atoms with van der Waals surface area (Å²) in [4.78, 5) is 5.03. The van der Waals surface area contributed by atoms with Gasteiger partial charge < -0.3 is 0 Å². The summed E-state index contributed by atoms with van der Waals surface area (Å²) in [7, 11) is 0. The van der Waals surface area contributed by atoms with Gasteiger partial charge in [-0.05, 0) is 61.1 Å². The van der Waals surface area contributed by atoms with Gasteiger partial charge in [-0.25, -0.2) is 0 Å². The molecule has 0 aliphatic carbocycles. The van der Waals surface area contributed by atoms with E-state index in [9.17, 15) is 0 Å². The van der Waals surface area contributed by atoms with Crippen LogP contribution in [0.2, 0.25) is 0 Å². The molecule has 0 bridgehead atoms. The van der Waals surface area contributed by atoms with Crippen molar-refractivity contribution in [1.82, 2.24) is 4.98 Å². The number of fused-ring (bicyclic) bond motifs is 7. The van der Waals surface area contributed by atoms with E-state index in [0.29, 0.717) is 0 Å². The van der Waals surface area contributed by atoms with Crippen molar-refractivity contribution >= 4 is 63.8 Å². The van der Waals surface area contributed by atoms with E-state index < -0.39 is 0 Å². The molecule has 2 heterocycles. The Bertz CT molecular complexity index is 2430. The number of aromatic nitrogens is 1. The quantitative estimate of drug-likeness (QED) is 0.195. The van der Waals surface area contributed by atoms with Crippen LogP contribution in [-0.4, -0.2) is 4.98 Å². The van der Waals surface area contributed by atoms with E-state index in [1.54, 1.807) is 0 Å². The predicted octanol–water partition coefficient (Wildman–Crippen LogP) is 11.9. The number of benzene rings is 7. The summed E-state index contributed by atoms with van der Waals surface area (Å²) in [5, 5.41) is 10.2. The average Bonchev–Trinajstić information content (AvgIpc) is 3.46. The third kappa shape index (κ3) is 3.81. The highest BCUT2D eigenvalue weighted by Crippen LogP contribution is 2.44. The number of thiophene rings is 1. The normalized spacial score (nSPS) is 11.7. The van der Waals surface area contributed by atoms with E-state index >= 15 is 0 Å². The molecule has 0 N–H and O–H groups in total. The average molecular weight is 564 g/mol. The highest BCUT2D eigenvalue weighted by molar-refractivity contribution is 7.26. The first-order valence-corrected chi connectivity index (χ1v) is 15.4. The number of nitrogens with zero attached hydrogens (tertiary/aromatic N) is 1. The highest BCUT2D eigenvalue weighted by Gasteiger charge is 2.17. The van der Waals surface area contributed by atoms with Crippen molar-refractivity contribution in [3.8, 4) is 33.5 Å². The Kier molecular flexibility index (Phi) is 5.44. The lowest BCUT2D eigenvalue weighted by Gasteiger charge is -2.17. The first-order chi connectivity index (χ1) is 21.3. The molecule has 0 radical (unpaired) electrons. The fraction of sp³-hybridized carbons (Fsp3) is 0. The monoisotopic (exact) mass is 563 g/mol. The molecule has 0 atom stereocenters. The molecule has 0 saturated carbocycles. The van der Waals surface area contributed by atoms with Gasteiger partial charge in [-0.1, -0.05) is 133 Å². The third-order valence-corrected chi connectivity index (χ3v) is 9.91. The Morgan fingerprint density at radius 1 is 0.395 bits per heavy atom. The topological polar surface area (TPSA) is 12.9 Å².